The normalized spacial score (nSPS) is 12.8. The Kier molecular flexibility index (Phi) is 6.68. The van der Waals surface area contributed by atoms with Gasteiger partial charge in [-0.2, -0.15) is 0 Å². The van der Waals surface area contributed by atoms with Gasteiger partial charge in [-0.05, 0) is 24.1 Å². The molecule has 8 nitrogen and oxygen atoms in total. The number of ether oxygens (including phenoxy) is 1. The maximum absolute atomic E-state index is 12.6. The summed E-state index contributed by atoms with van der Waals surface area (Å²) in [6.45, 7) is 5.35. The summed E-state index contributed by atoms with van der Waals surface area (Å²) < 4.78 is 32.7. The largest absolute Gasteiger partial charge is 0.497 e. The molecule has 10 heteroatoms. The number of nitrogens with zero attached hydrogens (tertiary/aromatic N) is 2. The zero-order valence-corrected chi connectivity index (χ0v) is 16.6. The Balaban J connectivity index is 2.15. The number of benzene rings is 1. The topological polar surface area (TPSA) is 110 Å². The molecule has 0 radical (unpaired) electrons. The van der Waals surface area contributed by atoms with E-state index in [9.17, 15) is 13.2 Å². The number of nitrogens with one attached hydrogen (secondary N) is 2. The molecule has 1 aromatic carbocycles. The van der Waals surface area contributed by atoms with E-state index in [0.29, 0.717) is 12.2 Å². The van der Waals surface area contributed by atoms with Crippen molar-refractivity contribution in [3.8, 4) is 5.75 Å². The first-order valence-electron chi connectivity index (χ1n) is 8.07. The van der Waals surface area contributed by atoms with Crippen molar-refractivity contribution in [2.75, 3.05) is 12.4 Å². The number of aromatic nitrogens is 2. The number of anilines is 1. The first kappa shape index (κ1) is 20.3. The molecule has 0 aliphatic carbocycles. The minimum atomic E-state index is -3.86. The highest BCUT2D eigenvalue weighted by molar-refractivity contribution is 7.91. The minimum absolute atomic E-state index is 0.154. The van der Waals surface area contributed by atoms with Crippen molar-refractivity contribution < 1.29 is 17.9 Å². The number of hydrogen-bond acceptors (Lipinski definition) is 7. The summed E-state index contributed by atoms with van der Waals surface area (Å²) in [4.78, 5) is 11.7. The molecular weight excluding hydrogens is 376 g/mol. The van der Waals surface area contributed by atoms with Crippen LogP contribution in [0.2, 0.25) is 0 Å². The molecule has 0 aliphatic rings. The van der Waals surface area contributed by atoms with E-state index in [2.05, 4.69) is 20.2 Å². The molecule has 2 aromatic rings. The summed E-state index contributed by atoms with van der Waals surface area (Å²) in [5.74, 6) is 0.209. The third-order valence-corrected chi connectivity index (χ3v) is 6.29. The lowest BCUT2D eigenvalue weighted by Gasteiger charge is -2.16. The predicted molar refractivity (Wildman–Crippen MR) is 99.7 cm³/mol. The zero-order valence-electron chi connectivity index (χ0n) is 15.0. The summed E-state index contributed by atoms with van der Waals surface area (Å²) in [5.41, 5.74) is 0.815. The van der Waals surface area contributed by atoms with Gasteiger partial charge in [0.1, 0.15) is 5.75 Å². The Hall–Kier alpha value is -2.04. The SMILES string of the molecule is CC[C@H](NS(=O)(=O)c1nnc(NC(=O)C(C)C)s1)c1ccc(OC)cc1. The average molecular weight is 399 g/mol. The quantitative estimate of drug-likeness (QED) is 0.661. The maximum Gasteiger partial charge on any atom is 0.270 e. The van der Waals surface area contributed by atoms with Crippen molar-refractivity contribution in [1.82, 2.24) is 14.9 Å². The molecule has 0 spiro atoms. The van der Waals surface area contributed by atoms with E-state index in [4.69, 9.17) is 4.74 Å². The summed E-state index contributed by atoms with van der Waals surface area (Å²) in [5, 5.41) is 10.1. The number of amides is 1. The molecule has 1 heterocycles. The van der Waals surface area contributed by atoms with E-state index in [1.54, 1.807) is 33.1 Å². The molecular formula is C16H22N4O4S2. The number of rotatable bonds is 8. The lowest BCUT2D eigenvalue weighted by Crippen LogP contribution is -2.28. The zero-order chi connectivity index (χ0) is 19.3. The second-order valence-electron chi connectivity index (χ2n) is 5.87. The van der Waals surface area contributed by atoms with Crippen LogP contribution in [0.5, 0.6) is 5.75 Å². The highest BCUT2D eigenvalue weighted by Crippen LogP contribution is 2.25. The molecule has 0 saturated carbocycles. The summed E-state index contributed by atoms with van der Waals surface area (Å²) in [7, 11) is -2.29. The second-order valence-corrected chi connectivity index (χ2v) is 8.74. The number of methoxy groups -OCH3 is 1. The monoisotopic (exact) mass is 398 g/mol. The summed E-state index contributed by atoms with van der Waals surface area (Å²) in [6.07, 6.45) is 0.557. The molecule has 1 atom stereocenters. The highest BCUT2D eigenvalue weighted by Gasteiger charge is 2.25. The van der Waals surface area contributed by atoms with Gasteiger partial charge in [-0.15, -0.1) is 10.2 Å². The van der Waals surface area contributed by atoms with Crippen LogP contribution in [0, 0.1) is 5.92 Å². The molecule has 26 heavy (non-hydrogen) atoms. The van der Waals surface area contributed by atoms with E-state index in [1.807, 2.05) is 19.1 Å². The van der Waals surface area contributed by atoms with Gasteiger partial charge in [0.25, 0.3) is 10.0 Å². The minimum Gasteiger partial charge on any atom is -0.497 e. The molecule has 1 aromatic heterocycles. The fourth-order valence-electron chi connectivity index (χ4n) is 2.08. The second kappa shape index (κ2) is 8.56. The van der Waals surface area contributed by atoms with Crippen LogP contribution < -0.4 is 14.8 Å². The predicted octanol–water partition coefficient (Wildman–Crippen LogP) is 2.57. The van der Waals surface area contributed by atoms with Gasteiger partial charge in [0.15, 0.2) is 0 Å². The average Bonchev–Trinajstić information content (AvgIpc) is 3.09. The van der Waals surface area contributed by atoms with Gasteiger partial charge in [0, 0.05) is 12.0 Å². The first-order valence-corrected chi connectivity index (χ1v) is 10.4. The number of hydrogen-bond donors (Lipinski definition) is 2. The van der Waals surface area contributed by atoms with Gasteiger partial charge >= 0.3 is 0 Å². The van der Waals surface area contributed by atoms with E-state index in [-0.39, 0.29) is 21.3 Å². The molecule has 142 valence electrons. The fraction of sp³-hybridized carbons (Fsp3) is 0.438. The van der Waals surface area contributed by atoms with Crippen LogP contribution in [-0.2, 0) is 14.8 Å². The van der Waals surface area contributed by atoms with Gasteiger partial charge in [0.05, 0.1) is 7.11 Å². The Labute approximate surface area is 157 Å². The lowest BCUT2D eigenvalue weighted by molar-refractivity contribution is -0.118. The van der Waals surface area contributed by atoms with E-state index < -0.39 is 16.1 Å². The van der Waals surface area contributed by atoms with Crippen LogP contribution in [0.25, 0.3) is 0 Å². The third kappa shape index (κ3) is 4.99. The Morgan fingerprint density at radius 3 is 2.42 bits per heavy atom. The van der Waals surface area contributed by atoms with Crippen LogP contribution in [0.4, 0.5) is 5.13 Å². The van der Waals surface area contributed by atoms with Gasteiger partial charge in [-0.25, -0.2) is 13.1 Å². The number of sulfonamides is 1. The third-order valence-electron chi connectivity index (χ3n) is 3.61. The van der Waals surface area contributed by atoms with Gasteiger partial charge in [-0.1, -0.05) is 44.2 Å². The molecule has 0 unspecified atom stereocenters. The van der Waals surface area contributed by atoms with Crippen LogP contribution >= 0.6 is 11.3 Å². The Morgan fingerprint density at radius 2 is 1.88 bits per heavy atom. The molecule has 0 saturated heterocycles. The summed E-state index contributed by atoms with van der Waals surface area (Å²) >= 11 is 0.815. The van der Waals surface area contributed by atoms with Crippen molar-refractivity contribution in [1.29, 1.82) is 0 Å². The lowest BCUT2D eigenvalue weighted by atomic mass is 10.1. The van der Waals surface area contributed by atoms with Crippen LogP contribution in [0.3, 0.4) is 0 Å². The van der Waals surface area contributed by atoms with Crippen LogP contribution in [0.15, 0.2) is 28.6 Å². The van der Waals surface area contributed by atoms with Crippen molar-refractivity contribution in [3.05, 3.63) is 29.8 Å². The number of carbonyl (C=O) groups excluding carboxylic acids is 1. The molecule has 0 bridgehead atoms. The molecule has 0 aliphatic heterocycles. The van der Waals surface area contributed by atoms with Crippen molar-refractivity contribution >= 4 is 32.4 Å². The van der Waals surface area contributed by atoms with E-state index >= 15 is 0 Å². The van der Waals surface area contributed by atoms with Crippen molar-refractivity contribution in [2.24, 2.45) is 5.92 Å². The van der Waals surface area contributed by atoms with Crippen LogP contribution in [-0.4, -0.2) is 31.6 Å². The smallest absolute Gasteiger partial charge is 0.270 e. The van der Waals surface area contributed by atoms with Crippen LogP contribution in [0.1, 0.15) is 38.8 Å². The summed E-state index contributed by atoms with van der Waals surface area (Å²) in [6, 6.07) is 6.75. The number of carbonyl (C=O) groups is 1. The molecule has 2 rings (SSSR count). The van der Waals surface area contributed by atoms with E-state index in [0.717, 1.165) is 16.9 Å². The molecule has 2 N–H and O–H groups in total. The van der Waals surface area contributed by atoms with Gasteiger partial charge in [-0.3, -0.25) is 4.79 Å². The fourth-order valence-corrected chi connectivity index (χ4v) is 4.31. The Bertz CT molecular complexity index is 847. The first-order chi connectivity index (χ1) is 12.3. The Morgan fingerprint density at radius 1 is 1.23 bits per heavy atom. The van der Waals surface area contributed by atoms with Gasteiger partial charge in [0.2, 0.25) is 15.4 Å². The van der Waals surface area contributed by atoms with E-state index in [1.165, 1.54) is 0 Å². The van der Waals surface area contributed by atoms with Crippen molar-refractivity contribution in [3.63, 3.8) is 0 Å². The van der Waals surface area contributed by atoms with Crippen molar-refractivity contribution in [2.45, 2.75) is 37.6 Å². The molecule has 1 amide bonds. The standard InChI is InChI=1S/C16H22N4O4S2/c1-5-13(11-6-8-12(24-4)9-7-11)20-26(22,23)16-19-18-15(25-16)17-14(21)10(2)3/h6-10,13,20H,5H2,1-4H3,(H,17,18,21)/t13-/m0/s1. The highest BCUT2D eigenvalue weighted by atomic mass is 32.2. The maximum atomic E-state index is 12.6. The van der Waals surface area contributed by atoms with Gasteiger partial charge < -0.3 is 10.1 Å². The molecule has 0 fully saturated rings.